The molecule has 0 radical (unpaired) electrons. The molecule has 4 heteroatoms. The van der Waals surface area contributed by atoms with Crippen LogP contribution in [0.2, 0.25) is 0 Å². The van der Waals surface area contributed by atoms with Crippen LogP contribution in [0.4, 0.5) is 0 Å². The number of nitrogens with zero attached hydrogens (tertiary/aromatic N) is 2. The topological polar surface area (TPSA) is 33.2 Å². The third-order valence-corrected chi connectivity index (χ3v) is 4.48. The zero-order valence-electron chi connectivity index (χ0n) is 12.2. The van der Waals surface area contributed by atoms with E-state index in [2.05, 4.69) is 11.9 Å². The number of hydrogen-bond acceptors (Lipinski definition) is 3. The summed E-state index contributed by atoms with van der Waals surface area (Å²) in [6, 6.07) is 5.96. The van der Waals surface area contributed by atoms with Gasteiger partial charge in [0.05, 0.1) is 11.6 Å². The van der Waals surface area contributed by atoms with Crippen molar-refractivity contribution in [2.24, 2.45) is 0 Å². The van der Waals surface area contributed by atoms with Crippen LogP contribution >= 0.6 is 11.3 Å². The molecule has 2 aromatic heterocycles. The van der Waals surface area contributed by atoms with Crippen molar-refractivity contribution in [3.63, 3.8) is 0 Å². The van der Waals surface area contributed by atoms with Crippen LogP contribution in [0.25, 0.3) is 0 Å². The fraction of sp³-hybridized carbons (Fsp3) is 0.375. The fourth-order valence-electron chi connectivity index (χ4n) is 2.12. The molecular weight excluding hydrogens is 268 g/mol. The third-order valence-electron chi connectivity index (χ3n) is 3.49. The van der Waals surface area contributed by atoms with Crippen LogP contribution in [0.15, 0.2) is 36.0 Å². The summed E-state index contributed by atoms with van der Waals surface area (Å²) < 4.78 is 0. The number of rotatable bonds is 5. The second kappa shape index (κ2) is 6.66. The van der Waals surface area contributed by atoms with E-state index in [1.165, 1.54) is 4.88 Å². The average Bonchev–Trinajstić information content (AvgIpc) is 2.95. The fourth-order valence-corrected chi connectivity index (χ4v) is 3.08. The Kier molecular flexibility index (Phi) is 4.90. The Morgan fingerprint density at radius 2 is 2.10 bits per heavy atom. The Balaban J connectivity index is 2.11. The molecule has 0 aliphatic heterocycles. The molecule has 0 N–H and O–H groups in total. The first-order chi connectivity index (χ1) is 9.63. The highest BCUT2D eigenvalue weighted by Crippen LogP contribution is 2.23. The number of amides is 1. The van der Waals surface area contributed by atoms with Gasteiger partial charge in [-0.1, -0.05) is 13.3 Å². The van der Waals surface area contributed by atoms with Gasteiger partial charge in [0.15, 0.2) is 0 Å². The molecule has 0 aliphatic carbocycles. The van der Waals surface area contributed by atoms with Crippen molar-refractivity contribution in [3.8, 4) is 0 Å². The molecule has 0 saturated carbocycles. The summed E-state index contributed by atoms with van der Waals surface area (Å²) in [4.78, 5) is 19.6. The van der Waals surface area contributed by atoms with Crippen molar-refractivity contribution < 1.29 is 4.79 Å². The molecule has 0 bridgehead atoms. The highest BCUT2D eigenvalue weighted by Gasteiger charge is 2.19. The summed E-state index contributed by atoms with van der Waals surface area (Å²) >= 11 is 1.67. The molecule has 20 heavy (non-hydrogen) atoms. The summed E-state index contributed by atoms with van der Waals surface area (Å²) in [5.74, 6) is 0.0768. The van der Waals surface area contributed by atoms with Gasteiger partial charge in [-0.3, -0.25) is 9.78 Å². The third kappa shape index (κ3) is 3.25. The van der Waals surface area contributed by atoms with Gasteiger partial charge in [0.1, 0.15) is 0 Å². The lowest BCUT2D eigenvalue weighted by Crippen LogP contribution is -2.29. The van der Waals surface area contributed by atoms with Crippen LogP contribution in [0.5, 0.6) is 0 Å². The molecule has 0 saturated heterocycles. The maximum atomic E-state index is 12.5. The average molecular weight is 288 g/mol. The van der Waals surface area contributed by atoms with Gasteiger partial charge in [-0.2, -0.15) is 0 Å². The monoisotopic (exact) mass is 288 g/mol. The molecular formula is C16H20N2OS. The largest absolute Gasteiger partial charge is 0.335 e. The minimum atomic E-state index is 0.0417. The Morgan fingerprint density at radius 3 is 2.75 bits per heavy atom. The van der Waals surface area contributed by atoms with E-state index < -0.39 is 0 Å². The maximum Gasteiger partial charge on any atom is 0.254 e. The lowest BCUT2D eigenvalue weighted by Gasteiger charge is -2.24. The second-order valence-electron chi connectivity index (χ2n) is 4.92. The predicted octanol–water partition coefficient (Wildman–Crippen LogP) is 3.93. The summed E-state index contributed by atoms with van der Waals surface area (Å²) in [5.41, 5.74) is 1.89. The molecule has 0 spiro atoms. The van der Waals surface area contributed by atoms with Crippen molar-refractivity contribution in [3.05, 3.63) is 52.0 Å². The Hall–Kier alpha value is -1.68. The summed E-state index contributed by atoms with van der Waals surface area (Å²) in [6.45, 7) is 4.19. The van der Waals surface area contributed by atoms with Crippen molar-refractivity contribution in [2.45, 2.75) is 32.7 Å². The van der Waals surface area contributed by atoms with E-state index >= 15 is 0 Å². The molecule has 0 aromatic carbocycles. The van der Waals surface area contributed by atoms with Gasteiger partial charge >= 0.3 is 0 Å². The number of aryl methyl sites for hydroxylation is 1. The molecule has 2 heterocycles. The molecule has 106 valence electrons. The molecule has 1 atom stereocenters. The van der Waals surface area contributed by atoms with Gasteiger partial charge in [-0.25, -0.2) is 0 Å². The normalized spacial score (nSPS) is 12.2. The number of carbonyl (C=O) groups is 1. The molecule has 3 nitrogen and oxygen atoms in total. The minimum Gasteiger partial charge on any atom is -0.335 e. The van der Waals surface area contributed by atoms with Gasteiger partial charge in [0.25, 0.3) is 5.91 Å². The number of thiophene rings is 1. The van der Waals surface area contributed by atoms with Crippen molar-refractivity contribution >= 4 is 17.2 Å². The molecule has 1 unspecified atom stereocenters. The highest BCUT2D eigenvalue weighted by atomic mass is 32.1. The van der Waals surface area contributed by atoms with E-state index in [1.807, 2.05) is 37.6 Å². The smallest absolute Gasteiger partial charge is 0.254 e. The maximum absolute atomic E-state index is 12.5. The van der Waals surface area contributed by atoms with Crippen LogP contribution < -0.4 is 0 Å². The minimum absolute atomic E-state index is 0.0417. The molecule has 2 rings (SSSR count). The lowest BCUT2D eigenvalue weighted by molar-refractivity contribution is 0.0743. The zero-order valence-corrected chi connectivity index (χ0v) is 13.0. The molecule has 0 aliphatic rings. The Labute approximate surface area is 124 Å². The highest BCUT2D eigenvalue weighted by molar-refractivity contribution is 7.10. The number of carbonyl (C=O) groups excluding carboxylic acids is 1. The summed E-state index contributed by atoms with van der Waals surface area (Å²) in [5, 5.41) is 1.96. The summed E-state index contributed by atoms with van der Waals surface area (Å²) in [6.07, 6.45) is 5.67. The second-order valence-corrected chi connectivity index (χ2v) is 5.92. The van der Waals surface area contributed by atoms with Gasteiger partial charge in [0.2, 0.25) is 0 Å². The van der Waals surface area contributed by atoms with E-state index in [4.69, 9.17) is 0 Å². The first-order valence-corrected chi connectivity index (χ1v) is 7.76. The van der Waals surface area contributed by atoms with E-state index in [0.717, 1.165) is 24.0 Å². The molecule has 1 amide bonds. The van der Waals surface area contributed by atoms with Crippen LogP contribution in [0.3, 0.4) is 0 Å². The van der Waals surface area contributed by atoms with E-state index in [1.54, 1.807) is 28.6 Å². The van der Waals surface area contributed by atoms with Gasteiger partial charge in [0, 0.05) is 29.7 Å². The van der Waals surface area contributed by atoms with Crippen LogP contribution in [-0.4, -0.2) is 22.8 Å². The first-order valence-electron chi connectivity index (χ1n) is 6.88. The number of aromatic nitrogens is 1. The van der Waals surface area contributed by atoms with Crippen LogP contribution in [0, 0.1) is 0 Å². The molecule has 0 fully saturated rings. The van der Waals surface area contributed by atoms with E-state index in [9.17, 15) is 4.79 Å². The van der Waals surface area contributed by atoms with Gasteiger partial charge in [-0.05, 0) is 37.1 Å². The van der Waals surface area contributed by atoms with E-state index in [0.29, 0.717) is 0 Å². The van der Waals surface area contributed by atoms with Crippen molar-refractivity contribution in [1.82, 2.24) is 9.88 Å². The van der Waals surface area contributed by atoms with Crippen LogP contribution in [-0.2, 0) is 6.42 Å². The Bertz CT molecular complexity index is 565. The lowest BCUT2D eigenvalue weighted by atomic mass is 10.1. The first kappa shape index (κ1) is 14.7. The predicted molar refractivity (Wildman–Crippen MR) is 83.1 cm³/mol. The molecule has 2 aromatic rings. The number of pyridine rings is 1. The van der Waals surface area contributed by atoms with E-state index in [-0.39, 0.29) is 11.9 Å². The van der Waals surface area contributed by atoms with Gasteiger partial charge in [-0.15, -0.1) is 11.3 Å². The van der Waals surface area contributed by atoms with Crippen LogP contribution in [0.1, 0.15) is 47.1 Å². The van der Waals surface area contributed by atoms with Gasteiger partial charge < -0.3 is 4.90 Å². The number of hydrogen-bond donors (Lipinski definition) is 0. The standard InChI is InChI=1S/C16H20N2OS/c1-4-5-15-10-14(11-20-15)16(19)18(3)12(2)13-6-8-17-9-7-13/h6-12H,4-5H2,1-3H3. The van der Waals surface area contributed by atoms with Crippen molar-refractivity contribution in [1.29, 1.82) is 0 Å². The quantitative estimate of drug-likeness (QED) is 0.835. The SMILES string of the molecule is CCCc1cc(C(=O)N(C)C(C)c2ccncc2)cs1. The Morgan fingerprint density at radius 1 is 1.40 bits per heavy atom. The summed E-state index contributed by atoms with van der Waals surface area (Å²) in [7, 11) is 1.85. The zero-order chi connectivity index (χ0) is 14.5. The van der Waals surface area contributed by atoms with Crippen molar-refractivity contribution in [2.75, 3.05) is 7.05 Å².